The Morgan fingerprint density at radius 2 is 1.94 bits per heavy atom. The quantitative estimate of drug-likeness (QED) is 0.437. The van der Waals surface area contributed by atoms with Crippen LogP contribution in [0.2, 0.25) is 0 Å². The molecular weight excluding hydrogens is 448 g/mol. The van der Waals surface area contributed by atoms with E-state index < -0.39 is 16.2 Å². The van der Waals surface area contributed by atoms with E-state index in [0.29, 0.717) is 17.6 Å². The molecule has 0 radical (unpaired) electrons. The number of piperidine rings is 3. The third kappa shape index (κ3) is 4.32. The van der Waals surface area contributed by atoms with Gasteiger partial charge in [0.2, 0.25) is 0 Å². The Balaban J connectivity index is 1.60. The van der Waals surface area contributed by atoms with Crippen LogP contribution < -0.4 is 4.74 Å². The number of hydrogen-bond acceptors (Lipinski definition) is 6. The molecule has 0 amide bonds. The van der Waals surface area contributed by atoms with Gasteiger partial charge in [0.25, 0.3) is 10.1 Å². The minimum absolute atomic E-state index is 0.0152. The Labute approximate surface area is 202 Å². The fourth-order valence-corrected chi connectivity index (χ4v) is 6.78. The van der Waals surface area contributed by atoms with E-state index in [2.05, 4.69) is 16.8 Å². The van der Waals surface area contributed by atoms with Crippen molar-refractivity contribution in [2.75, 3.05) is 20.2 Å². The molecule has 3 saturated heterocycles. The maximum Gasteiger partial charge on any atom is 0.297 e. The molecule has 5 unspecified atom stereocenters. The van der Waals surface area contributed by atoms with Gasteiger partial charge in [0.1, 0.15) is 11.9 Å². The van der Waals surface area contributed by atoms with Crippen molar-refractivity contribution in [3.63, 3.8) is 0 Å². The first-order valence-corrected chi connectivity index (χ1v) is 13.5. The summed E-state index contributed by atoms with van der Waals surface area (Å²) in [4.78, 5) is 7.13. The summed E-state index contributed by atoms with van der Waals surface area (Å²) in [5.74, 6) is 1.96. The van der Waals surface area contributed by atoms with E-state index in [1.807, 2.05) is 31.2 Å². The summed E-state index contributed by atoms with van der Waals surface area (Å²) in [6, 6.07) is 14.4. The second-order valence-electron chi connectivity index (χ2n) is 9.58. The molecule has 6 nitrogen and oxygen atoms in total. The van der Waals surface area contributed by atoms with Crippen molar-refractivity contribution in [1.29, 1.82) is 0 Å². The smallest absolute Gasteiger partial charge is 0.297 e. The highest BCUT2D eigenvalue weighted by molar-refractivity contribution is 7.86. The van der Waals surface area contributed by atoms with Crippen molar-refractivity contribution in [3.05, 3.63) is 65.9 Å². The summed E-state index contributed by atoms with van der Waals surface area (Å²) in [6.45, 7) is 6.15. The first-order chi connectivity index (χ1) is 16.4. The lowest BCUT2D eigenvalue weighted by molar-refractivity contribution is -0.0467. The lowest BCUT2D eigenvalue weighted by atomic mass is 9.72. The molecule has 4 heterocycles. The Bertz CT molecular complexity index is 1280. The molecular formula is C27H32N2O4S. The summed E-state index contributed by atoms with van der Waals surface area (Å²) in [6.07, 6.45) is 4.35. The fourth-order valence-electron chi connectivity index (χ4n) is 5.70. The first-order valence-electron chi connectivity index (χ1n) is 12.1. The first kappa shape index (κ1) is 23.3. The molecule has 3 aliphatic heterocycles. The van der Waals surface area contributed by atoms with Crippen LogP contribution in [0.15, 0.2) is 59.6 Å². The van der Waals surface area contributed by atoms with E-state index in [4.69, 9.17) is 8.92 Å². The van der Waals surface area contributed by atoms with Crippen LogP contribution in [0.3, 0.4) is 0 Å². The van der Waals surface area contributed by atoms with Crippen LogP contribution in [0.1, 0.15) is 43.4 Å². The van der Waals surface area contributed by atoms with Crippen molar-refractivity contribution >= 4 is 21.0 Å². The maximum atomic E-state index is 13.5. The lowest BCUT2D eigenvalue weighted by Crippen LogP contribution is -2.55. The van der Waals surface area contributed by atoms with Gasteiger partial charge in [-0.3, -0.25) is 14.1 Å². The van der Waals surface area contributed by atoms with Gasteiger partial charge in [0, 0.05) is 24.2 Å². The third-order valence-electron chi connectivity index (χ3n) is 7.64. The summed E-state index contributed by atoms with van der Waals surface area (Å²) >= 11 is 0. The van der Waals surface area contributed by atoms with Crippen LogP contribution in [0.5, 0.6) is 5.75 Å². The number of fused-ring (bicyclic) bond motifs is 4. The molecule has 0 spiro atoms. The Morgan fingerprint density at radius 3 is 2.62 bits per heavy atom. The van der Waals surface area contributed by atoms with Gasteiger partial charge in [-0.1, -0.05) is 31.0 Å². The number of ether oxygens (including phenoxy) is 1. The molecule has 3 fully saturated rings. The molecule has 6 rings (SSSR count). The zero-order valence-electron chi connectivity index (χ0n) is 20.0. The molecule has 2 bridgehead atoms. The van der Waals surface area contributed by atoms with Crippen LogP contribution >= 0.6 is 0 Å². The average Bonchev–Trinajstić information content (AvgIpc) is 2.87. The molecule has 3 aromatic rings. The molecule has 3 aliphatic rings. The van der Waals surface area contributed by atoms with E-state index in [1.54, 1.807) is 37.6 Å². The molecule has 0 aliphatic carbocycles. The molecule has 1 aromatic heterocycles. The van der Waals surface area contributed by atoms with Gasteiger partial charge in [-0.2, -0.15) is 8.42 Å². The predicted octanol–water partition coefficient (Wildman–Crippen LogP) is 5.12. The van der Waals surface area contributed by atoms with E-state index in [-0.39, 0.29) is 10.9 Å². The number of hydrogen-bond donors (Lipinski definition) is 0. The van der Waals surface area contributed by atoms with Crippen LogP contribution in [-0.2, 0) is 14.3 Å². The van der Waals surface area contributed by atoms with Crippen LogP contribution in [0.25, 0.3) is 10.9 Å². The summed E-state index contributed by atoms with van der Waals surface area (Å²) in [5.41, 5.74) is 2.64. The van der Waals surface area contributed by atoms with Gasteiger partial charge in [0.05, 0.1) is 17.5 Å². The van der Waals surface area contributed by atoms with E-state index in [0.717, 1.165) is 54.4 Å². The number of aromatic nitrogens is 1. The molecule has 5 atom stereocenters. The highest BCUT2D eigenvalue weighted by atomic mass is 32.2. The third-order valence-corrected chi connectivity index (χ3v) is 8.95. The second-order valence-corrected chi connectivity index (χ2v) is 11.2. The van der Waals surface area contributed by atoms with Gasteiger partial charge in [-0.15, -0.1) is 0 Å². The molecule has 2 aromatic carbocycles. The number of aryl methyl sites for hydroxylation is 1. The van der Waals surface area contributed by atoms with Crippen molar-refractivity contribution in [1.82, 2.24) is 9.88 Å². The van der Waals surface area contributed by atoms with Gasteiger partial charge in [0.15, 0.2) is 0 Å². The largest absolute Gasteiger partial charge is 0.497 e. The Hall–Kier alpha value is -2.48. The lowest BCUT2D eigenvalue weighted by Gasteiger charge is -2.51. The monoisotopic (exact) mass is 480 g/mol. The van der Waals surface area contributed by atoms with Gasteiger partial charge in [-0.25, -0.2) is 0 Å². The van der Waals surface area contributed by atoms with Crippen molar-refractivity contribution < 1.29 is 17.3 Å². The molecule has 180 valence electrons. The van der Waals surface area contributed by atoms with E-state index in [9.17, 15) is 8.42 Å². The maximum absolute atomic E-state index is 13.5. The normalized spacial score (nSPS) is 25.4. The van der Waals surface area contributed by atoms with Gasteiger partial charge in [-0.05, 0) is 80.1 Å². The number of rotatable bonds is 7. The number of nitrogens with zero attached hydrogens (tertiary/aromatic N) is 2. The number of pyridine rings is 1. The Morgan fingerprint density at radius 1 is 1.15 bits per heavy atom. The van der Waals surface area contributed by atoms with Crippen LogP contribution in [-0.4, -0.2) is 44.5 Å². The second kappa shape index (κ2) is 9.29. The summed E-state index contributed by atoms with van der Waals surface area (Å²) in [5, 5.41) is 0.862. The SMILES string of the molecule is CCC1CN2CCC1CC2C(OS(=O)(=O)c1ccc(C)cc1)c1ccnc2ccc(OC)cc12. The minimum Gasteiger partial charge on any atom is -0.497 e. The Kier molecular flexibility index (Phi) is 6.35. The van der Waals surface area contributed by atoms with Crippen LogP contribution in [0, 0.1) is 18.8 Å². The van der Waals surface area contributed by atoms with E-state index >= 15 is 0 Å². The van der Waals surface area contributed by atoms with Crippen molar-refractivity contribution in [2.45, 2.75) is 50.2 Å². The molecule has 0 N–H and O–H groups in total. The topological polar surface area (TPSA) is 68.7 Å². The molecule has 7 heteroatoms. The van der Waals surface area contributed by atoms with Gasteiger partial charge >= 0.3 is 0 Å². The van der Waals surface area contributed by atoms with Crippen molar-refractivity contribution in [2.24, 2.45) is 11.8 Å². The van der Waals surface area contributed by atoms with Crippen molar-refractivity contribution in [3.8, 4) is 5.75 Å². The zero-order valence-corrected chi connectivity index (χ0v) is 20.8. The number of methoxy groups -OCH3 is 1. The summed E-state index contributed by atoms with van der Waals surface area (Å²) in [7, 11) is -2.34. The molecule has 34 heavy (non-hydrogen) atoms. The zero-order chi connectivity index (χ0) is 23.9. The van der Waals surface area contributed by atoms with E-state index in [1.165, 1.54) is 0 Å². The summed E-state index contributed by atoms with van der Waals surface area (Å²) < 4.78 is 38.6. The fraction of sp³-hybridized carbons (Fsp3) is 0.444. The average molecular weight is 481 g/mol. The minimum atomic E-state index is -3.97. The predicted molar refractivity (Wildman–Crippen MR) is 132 cm³/mol. The highest BCUT2D eigenvalue weighted by Gasteiger charge is 2.45. The highest BCUT2D eigenvalue weighted by Crippen LogP contribution is 2.45. The van der Waals surface area contributed by atoms with Gasteiger partial charge < -0.3 is 4.74 Å². The molecule has 0 saturated carbocycles. The van der Waals surface area contributed by atoms with Crippen LogP contribution in [0.4, 0.5) is 0 Å². The number of benzene rings is 2. The standard InChI is InChI=1S/C27H32N2O4S/c1-4-19-17-29-14-12-20(19)15-26(29)27(33-34(30,31)22-8-5-18(2)6-9-22)23-11-13-28-25-10-7-21(32-3)16-24(23)25/h5-11,13,16,19-20,26-27H,4,12,14-15,17H2,1-3H3.